The number of rotatable bonds is 6. The highest BCUT2D eigenvalue weighted by atomic mass is 79.9. The molecule has 2 N–H and O–H groups in total. The Morgan fingerprint density at radius 2 is 2.08 bits per heavy atom. The van der Waals surface area contributed by atoms with E-state index in [0.29, 0.717) is 11.8 Å². The van der Waals surface area contributed by atoms with Gasteiger partial charge in [-0.2, -0.15) is 0 Å². The van der Waals surface area contributed by atoms with E-state index in [-0.39, 0.29) is 29.4 Å². The highest BCUT2D eigenvalue weighted by Crippen LogP contribution is 2.46. The molecule has 6 nitrogen and oxygen atoms in total. The van der Waals surface area contributed by atoms with Gasteiger partial charge in [0.05, 0.1) is 5.56 Å². The van der Waals surface area contributed by atoms with Gasteiger partial charge in [0.15, 0.2) is 5.76 Å². The summed E-state index contributed by atoms with van der Waals surface area (Å²) >= 11 is 3.21. The number of ether oxygens (including phenoxy) is 1. The van der Waals surface area contributed by atoms with E-state index < -0.39 is 23.4 Å². The van der Waals surface area contributed by atoms with Crippen LogP contribution in [-0.2, 0) is 9.59 Å². The third kappa shape index (κ3) is 4.14. The van der Waals surface area contributed by atoms with Gasteiger partial charge in [0.1, 0.15) is 5.82 Å². The predicted octanol–water partition coefficient (Wildman–Crippen LogP) is 3.83. The number of nitrogens with one attached hydrogen (secondary N) is 1. The first-order chi connectivity index (χ1) is 11.4. The Kier molecular flexibility index (Phi) is 5.97. The van der Waals surface area contributed by atoms with Crippen LogP contribution in [-0.4, -0.2) is 22.3 Å². The van der Waals surface area contributed by atoms with Crippen molar-refractivity contribution in [1.82, 2.24) is 0 Å². The maximum Gasteiger partial charge on any atom is 0.308 e. The summed E-state index contributed by atoms with van der Waals surface area (Å²) in [6.45, 7) is 1.13. The molecule has 1 heterocycles. The number of aromatic hydroxyl groups is 1. The molecule has 0 bridgehead atoms. The van der Waals surface area contributed by atoms with E-state index in [1.165, 1.54) is 18.2 Å². The highest BCUT2D eigenvalue weighted by Gasteiger charge is 2.26. The lowest BCUT2D eigenvalue weighted by Crippen LogP contribution is -2.12. The number of halogens is 2. The Labute approximate surface area is 145 Å². The fraction of sp³-hybridized carbons (Fsp3) is 0.250. The minimum absolute atomic E-state index is 0.0237. The standard InChI is InChI=1S/C16H15BrFNO5/c1-9(20)23-15-13(22)14(10-5-2-3-6-11(10)18)24-16(15)19-12(21)7-4-8-17/h2-3,5-6,22H,4,7-8H2,1H3,(H,19,21). The van der Waals surface area contributed by atoms with Gasteiger partial charge in [-0.15, -0.1) is 0 Å². The number of carbonyl (C=O) groups is 2. The maximum atomic E-state index is 13.9. The summed E-state index contributed by atoms with van der Waals surface area (Å²) < 4.78 is 24.2. The molecule has 0 radical (unpaired) electrons. The van der Waals surface area contributed by atoms with Crippen molar-refractivity contribution < 1.29 is 28.2 Å². The summed E-state index contributed by atoms with van der Waals surface area (Å²) in [5.74, 6) is -3.15. The second-order valence-corrected chi connectivity index (χ2v) is 5.65. The summed E-state index contributed by atoms with van der Waals surface area (Å²) in [7, 11) is 0. The van der Waals surface area contributed by atoms with Crippen molar-refractivity contribution in [3.63, 3.8) is 0 Å². The minimum atomic E-state index is -0.720. The first-order valence-electron chi connectivity index (χ1n) is 7.09. The molecular weight excluding hydrogens is 385 g/mol. The fourth-order valence-corrected chi connectivity index (χ4v) is 2.25. The molecule has 0 aliphatic carbocycles. The number of esters is 1. The summed E-state index contributed by atoms with van der Waals surface area (Å²) in [6.07, 6.45) is 0.781. The number of anilines is 1. The van der Waals surface area contributed by atoms with E-state index in [4.69, 9.17) is 9.15 Å². The lowest BCUT2D eigenvalue weighted by Gasteiger charge is -2.04. The van der Waals surface area contributed by atoms with Gasteiger partial charge >= 0.3 is 5.97 Å². The van der Waals surface area contributed by atoms with Crippen LogP contribution >= 0.6 is 15.9 Å². The lowest BCUT2D eigenvalue weighted by molar-refractivity contribution is -0.132. The van der Waals surface area contributed by atoms with Crippen LogP contribution in [0.2, 0.25) is 0 Å². The van der Waals surface area contributed by atoms with Crippen molar-refractivity contribution in [1.29, 1.82) is 0 Å². The fourth-order valence-electron chi connectivity index (χ4n) is 1.97. The molecule has 0 fully saturated rings. The molecule has 0 atom stereocenters. The van der Waals surface area contributed by atoms with Crippen LogP contribution in [0.4, 0.5) is 10.3 Å². The van der Waals surface area contributed by atoms with Crippen LogP contribution in [0.25, 0.3) is 11.3 Å². The van der Waals surface area contributed by atoms with Crippen molar-refractivity contribution in [3.8, 4) is 22.8 Å². The third-order valence-electron chi connectivity index (χ3n) is 3.00. The number of furan rings is 1. The number of carbonyl (C=O) groups excluding carboxylic acids is 2. The van der Waals surface area contributed by atoms with Crippen LogP contribution < -0.4 is 10.1 Å². The molecule has 1 aromatic heterocycles. The smallest absolute Gasteiger partial charge is 0.308 e. The first-order valence-corrected chi connectivity index (χ1v) is 8.21. The van der Waals surface area contributed by atoms with Crippen molar-refractivity contribution in [2.24, 2.45) is 0 Å². The molecule has 0 saturated heterocycles. The molecule has 1 amide bonds. The number of hydrogen-bond donors (Lipinski definition) is 2. The Bertz CT molecular complexity index is 759. The van der Waals surface area contributed by atoms with Crippen LogP contribution in [0.5, 0.6) is 11.5 Å². The average molecular weight is 400 g/mol. The number of alkyl halides is 1. The van der Waals surface area contributed by atoms with Gasteiger partial charge in [-0.3, -0.25) is 14.9 Å². The van der Waals surface area contributed by atoms with E-state index in [2.05, 4.69) is 21.2 Å². The van der Waals surface area contributed by atoms with Gasteiger partial charge in [0, 0.05) is 18.7 Å². The van der Waals surface area contributed by atoms with E-state index in [9.17, 15) is 19.1 Å². The van der Waals surface area contributed by atoms with E-state index in [0.717, 1.165) is 6.92 Å². The highest BCUT2D eigenvalue weighted by molar-refractivity contribution is 9.09. The van der Waals surface area contributed by atoms with Gasteiger partial charge in [0.25, 0.3) is 0 Å². The summed E-state index contributed by atoms with van der Waals surface area (Å²) in [4.78, 5) is 23.1. The van der Waals surface area contributed by atoms with E-state index >= 15 is 0 Å². The van der Waals surface area contributed by atoms with Crippen LogP contribution in [0.3, 0.4) is 0 Å². The Balaban J connectivity index is 2.42. The quantitative estimate of drug-likeness (QED) is 0.569. The SMILES string of the molecule is CC(=O)Oc1c(NC(=O)CCCBr)oc(-c2ccccc2F)c1O. The average Bonchev–Trinajstić information content (AvgIpc) is 2.82. The van der Waals surface area contributed by atoms with Crippen molar-refractivity contribution in [2.45, 2.75) is 19.8 Å². The minimum Gasteiger partial charge on any atom is -0.502 e. The van der Waals surface area contributed by atoms with Crippen molar-refractivity contribution in [2.75, 3.05) is 10.6 Å². The van der Waals surface area contributed by atoms with Gasteiger partial charge in [-0.05, 0) is 18.6 Å². The first kappa shape index (κ1) is 18.0. The normalized spacial score (nSPS) is 10.5. The van der Waals surface area contributed by atoms with Crippen molar-refractivity contribution in [3.05, 3.63) is 30.1 Å². The molecule has 1 aromatic carbocycles. The Morgan fingerprint density at radius 3 is 2.71 bits per heavy atom. The molecule has 0 aliphatic rings. The number of amides is 1. The van der Waals surface area contributed by atoms with Gasteiger partial charge < -0.3 is 14.3 Å². The zero-order valence-corrected chi connectivity index (χ0v) is 14.4. The van der Waals surface area contributed by atoms with Crippen LogP contribution in [0.1, 0.15) is 19.8 Å². The lowest BCUT2D eigenvalue weighted by atomic mass is 10.1. The summed E-state index contributed by atoms with van der Waals surface area (Å²) in [5.41, 5.74) is -0.0237. The number of benzene rings is 1. The monoisotopic (exact) mass is 399 g/mol. The Hall–Kier alpha value is -2.35. The van der Waals surface area contributed by atoms with Gasteiger partial charge in [-0.25, -0.2) is 4.39 Å². The largest absolute Gasteiger partial charge is 0.502 e. The Morgan fingerprint density at radius 1 is 1.38 bits per heavy atom. The molecule has 8 heteroatoms. The molecule has 0 spiro atoms. The van der Waals surface area contributed by atoms with Crippen LogP contribution in [0, 0.1) is 5.82 Å². The maximum absolute atomic E-state index is 13.9. The molecule has 24 heavy (non-hydrogen) atoms. The number of hydrogen-bond acceptors (Lipinski definition) is 5. The summed E-state index contributed by atoms with van der Waals surface area (Å²) in [5, 5.41) is 13.3. The van der Waals surface area contributed by atoms with E-state index in [1.54, 1.807) is 6.07 Å². The third-order valence-corrected chi connectivity index (χ3v) is 3.56. The van der Waals surface area contributed by atoms with E-state index in [1.807, 2.05) is 0 Å². The predicted molar refractivity (Wildman–Crippen MR) is 88.7 cm³/mol. The zero-order chi connectivity index (χ0) is 17.7. The van der Waals surface area contributed by atoms with Gasteiger partial charge in [-0.1, -0.05) is 28.1 Å². The topological polar surface area (TPSA) is 88.8 Å². The molecule has 0 saturated carbocycles. The second kappa shape index (κ2) is 7.96. The molecule has 128 valence electrons. The van der Waals surface area contributed by atoms with Gasteiger partial charge in [0.2, 0.25) is 23.3 Å². The zero-order valence-electron chi connectivity index (χ0n) is 12.8. The molecular formula is C16H15BrFNO5. The molecule has 0 unspecified atom stereocenters. The molecule has 0 aliphatic heterocycles. The molecule has 2 aromatic rings. The second-order valence-electron chi connectivity index (χ2n) is 4.85. The summed E-state index contributed by atoms with van der Waals surface area (Å²) in [6, 6.07) is 5.62. The molecule has 2 rings (SSSR count). The van der Waals surface area contributed by atoms with Crippen LogP contribution in [0.15, 0.2) is 28.7 Å². The van der Waals surface area contributed by atoms with Crippen molar-refractivity contribution >= 4 is 33.7 Å².